The molecule has 2 N–H and O–H groups in total. The fraction of sp³-hybridized carbons (Fsp3) is 0.615. The third-order valence-corrected chi connectivity index (χ3v) is 3.21. The number of hydrogen-bond acceptors (Lipinski definition) is 6. The molecule has 0 aliphatic carbocycles. The Bertz CT molecular complexity index is 499. The highest BCUT2D eigenvalue weighted by Crippen LogP contribution is 2.22. The Morgan fingerprint density at radius 1 is 1.62 bits per heavy atom. The number of halogens is 1. The minimum Gasteiger partial charge on any atom is -0.377 e. The standard InChI is InChI=1S/C13H20FN5O2/c1-3-4-16-13-17-7-9(14)11(18-13)19-5-6-21-8-10(19)12(20)15-2/h7,10H,3-6,8H2,1-2H3,(H,15,20)(H,16,17,18). The number of ether oxygens (including phenoxy) is 1. The summed E-state index contributed by atoms with van der Waals surface area (Å²) < 4.78 is 19.4. The molecule has 1 amide bonds. The van der Waals surface area contributed by atoms with Crippen molar-refractivity contribution in [1.82, 2.24) is 15.3 Å². The highest BCUT2D eigenvalue weighted by Gasteiger charge is 2.31. The summed E-state index contributed by atoms with van der Waals surface area (Å²) in [6, 6.07) is -0.591. The van der Waals surface area contributed by atoms with Gasteiger partial charge in [-0.15, -0.1) is 0 Å². The molecule has 0 saturated carbocycles. The molecule has 1 atom stereocenters. The van der Waals surface area contributed by atoms with Gasteiger partial charge in [-0.25, -0.2) is 9.37 Å². The van der Waals surface area contributed by atoms with Crippen molar-refractivity contribution in [2.24, 2.45) is 0 Å². The van der Waals surface area contributed by atoms with Gasteiger partial charge in [0, 0.05) is 20.1 Å². The van der Waals surface area contributed by atoms with Crippen LogP contribution in [0.3, 0.4) is 0 Å². The topological polar surface area (TPSA) is 79.4 Å². The van der Waals surface area contributed by atoms with Gasteiger partial charge in [0.1, 0.15) is 6.04 Å². The van der Waals surface area contributed by atoms with Gasteiger partial charge in [0.2, 0.25) is 11.9 Å². The molecule has 1 saturated heterocycles. The maximum Gasteiger partial charge on any atom is 0.244 e. The predicted molar refractivity (Wildman–Crippen MR) is 76.8 cm³/mol. The number of hydrogen-bond donors (Lipinski definition) is 2. The SMILES string of the molecule is CCCNc1ncc(F)c(N2CCOCC2C(=O)NC)n1. The number of carbonyl (C=O) groups excluding carboxylic acids is 1. The average Bonchev–Trinajstić information content (AvgIpc) is 2.53. The van der Waals surface area contributed by atoms with Gasteiger partial charge in [-0.2, -0.15) is 4.98 Å². The molecule has 1 aliphatic heterocycles. The molecule has 1 aliphatic rings. The van der Waals surface area contributed by atoms with Gasteiger partial charge in [-0.3, -0.25) is 4.79 Å². The van der Waals surface area contributed by atoms with E-state index >= 15 is 0 Å². The van der Waals surface area contributed by atoms with Crippen LogP contribution in [-0.4, -0.2) is 55.3 Å². The molecular formula is C13H20FN5O2. The number of likely N-dealkylation sites (N-methyl/N-ethyl adjacent to an activating group) is 1. The van der Waals surface area contributed by atoms with Crippen molar-refractivity contribution in [2.45, 2.75) is 19.4 Å². The molecule has 2 heterocycles. The molecule has 116 valence electrons. The molecule has 7 nitrogen and oxygen atoms in total. The first-order valence-electron chi connectivity index (χ1n) is 6.99. The molecule has 2 rings (SSSR count). The first-order valence-corrected chi connectivity index (χ1v) is 6.99. The molecule has 21 heavy (non-hydrogen) atoms. The highest BCUT2D eigenvalue weighted by atomic mass is 19.1. The minimum atomic E-state index is -0.591. The second-order valence-corrected chi connectivity index (χ2v) is 4.69. The second kappa shape index (κ2) is 7.16. The van der Waals surface area contributed by atoms with Crippen molar-refractivity contribution in [3.8, 4) is 0 Å². The maximum absolute atomic E-state index is 14.1. The lowest BCUT2D eigenvalue weighted by Crippen LogP contribution is -2.54. The van der Waals surface area contributed by atoms with Crippen LogP contribution in [0.1, 0.15) is 13.3 Å². The van der Waals surface area contributed by atoms with E-state index in [-0.39, 0.29) is 18.3 Å². The number of aromatic nitrogens is 2. The van der Waals surface area contributed by atoms with E-state index in [1.54, 1.807) is 11.9 Å². The monoisotopic (exact) mass is 297 g/mol. The predicted octanol–water partition coefficient (Wildman–Crippen LogP) is 0.389. The number of rotatable bonds is 5. The summed E-state index contributed by atoms with van der Waals surface area (Å²) in [4.78, 5) is 21.6. The number of morpholine rings is 1. The van der Waals surface area contributed by atoms with Crippen LogP contribution in [0.5, 0.6) is 0 Å². The van der Waals surface area contributed by atoms with Gasteiger partial charge in [0.25, 0.3) is 0 Å². The van der Waals surface area contributed by atoms with Crippen molar-refractivity contribution >= 4 is 17.7 Å². The van der Waals surface area contributed by atoms with Gasteiger partial charge in [-0.1, -0.05) is 6.92 Å². The summed E-state index contributed by atoms with van der Waals surface area (Å²) in [7, 11) is 1.54. The smallest absolute Gasteiger partial charge is 0.244 e. The Hall–Kier alpha value is -1.96. The van der Waals surface area contributed by atoms with E-state index in [2.05, 4.69) is 20.6 Å². The Morgan fingerprint density at radius 3 is 3.14 bits per heavy atom. The van der Waals surface area contributed by atoms with Crippen LogP contribution in [0.2, 0.25) is 0 Å². The van der Waals surface area contributed by atoms with Gasteiger partial charge in [0.15, 0.2) is 11.6 Å². The van der Waals surface area contributed by atoms with E-state index in [4.69, 9.17) is 4.74 Å². The Balaban J connectivity index is 2.26. The van der Waals surface area contributed by atoms with Crippen molar-refractivity contribution in [3.05, 3.63) is 12.0 Å². The molecule has 0 aromatic carbocycles. The summed E-state index contributed by atoms with van der Waals surface area (Å²) in [6.45, 7) is 3.75. The lowest BCUT2D eigenvalue weighted by Gasteiger charge is -2.35. The van der Waals surface area contributed by atoms with Crippen LogP contribution in [0.4, 0.5) is 16.2 Å². The van der Waals surface area contributed by atoms with E-state index in [0.717, 1.165) is 12.6 Å². The lowest BCUT2D eigenvalue weighted by molar-refractivity contribution is -0.124. The van der Waals surface area contributed by atoms with E-state index in [1.807, 2.05) is 6.92 Å². The van der Waals surface area contributed by atoms with Crippen LogP contribution in [0.15, 0.2) is 6.20 Å². The number of nitrogens with zero attached hydrogens (tertiary/aromatic N) is 3. The Kier molecular flexibility index (Phi) is 5.26. The van der Waals surface area contributed by atoms with Crippen molar-refractivity contribution < 1.29 is 13.9 Å². The normalized spacial score (nSPS) is 18.4. The van der Waals surface area contributed by atoms with Crippen molar-refractivity contribution in [2.75, 3.05) is 43.6 Å². The maximum atomic E-state index is 14.1. The molecule has 1 fully saturated rings. The largest absolute Gasteiger partial charge is 0.377 e. The van der Waals surface area contributed by atoms with E-state index in [9.17, 15) is 9.18 Å². The first-order chi connectivity index (χ1) is 10.2. The van der Waals surface area contributed by atoms with Gasteiger partial charge in [0.05, 0.1) is 19.4 Å². The van der Waals surface area contributed by atoms with Crippen molar-refractivity contribution in [3.63, 3.8) is 0 Å². The van der Waals surface area contributed by atoms with Crippen LogP contribution in [-0.2, 0) is 9.53 Å². The second-order valence-electron chi connectivity index (χ2n) is 4.69. The third kappa shape index (κ3) is 3.57. The number of anilines is 2. The van der Waals surface area contributed by atoms with Gasteiger partial charge >= 0.3 is 0 Å². The molecule has 8 heteroatoms. The molecule has 0 radical (unpaired) electrons. The van der Waals surface area contributed by atoms with Crippen LogP contribution in [0, 0.1) is 5.82 Å². The Labute approximate surface area is 122 Å². The van der Waals surface area contributed by atoms with Gasteiger partial charge < -0.3 is 20.3 Å². The fourth-order valence-electron chi connectivity index (χ4n) is 2.12. The summed E-state index contributed by atoms with van der Waals surface area (Å²) in [5.41, 5.74) is 0. The van der Waals surface area contributed by atoms with Crippen LogP contribution < -0.4 is 15.5 Å². The quantitative estimate of drug-likeness (QED) is 0.818. The summed E-state index contributed by atoms with van der Waals surface area (Å²) >= 11 is 0. The number of amides is 1. The third-order valence-electron chi connectivity index (χ3n) is 3.21. The number of carbonyl (C=O) groups is 1. The zero-order valence-electron chi connectivity index (χ0n) is 12.2. The summed E-state index contributed by atoms with van der Waals surface area (Å²) in [5, 5.41) is 5.57. The van der Waals surface area contributed by atoms with E-state index in [1.165, 1.54) is 0 Å². The van der Waals surface area contributed by atoms with E-state index in [0.29, 0.717) is 25.6 Å². The Morgan fingerprint density at radius 2 is 2.43 bits per heavy atom. The molecular weight excluding hydrogens is 277 g/mol. The number of nitrogens with one attached hydrogen (secondary N) is 2. The fourth-order valence-corrected chi connectivity index (χ4v) is 2.12. The van der Waals surface area contributed by atoms with Crippen molar-refractivity contribution in [1.29, 1.82) is 0 Å². The molecule has 0 spiro atoms. The summed E-state index contributed by atoms with van der Waals surface area (Å²) in [6.07, 6.45) is 2.03. The average molecular weight is 297 g/mol. The zero-order valence-corrected chi connectivity index (χ0v) is 12.2. The minimum absolute atomic E-state index is 0.125. The molecule has 1 aromatic heterocycles. The van der Waals surface area contributed by atoms with Crippen LogP contribution in [0.25, 0.3) is 0 Å². The lowest BCUT2D eigenvalue weighted by atomic mass is 10.2. The van der Waals surface area contributed by atoms with E-state index < -0.39 is 11.9 Å². The molecule has 1 aromatic rings. The summed E-state index contributed by atoms with van der Waals surface area (Å²) in [5.74, 6) is -0.292. The molecule has 0 bridgehead atoms. The zero-order chi connectivity index (χ0) is 15.2. The van der Waals surface area contributed by atoms with Gasteiger partial charge in [-0.05, 0) is 6.42 Å². The van der Waals surface area contributed by atoms with Crippen LogP contribution >= 0.6 is 0 Å². The first kappa shape index (κ1) is 15.4. The highest BCUT2D eigenvalue weighted by molar-refractivity contribution is 5.85. The molecule has 1 unspecified atom stereocenters.